The fraction of sp³-hybridized carbons (Fsp3) is 1.00. The van der Waals surface area contributed by atoms with Crippen LogP contribution in [0.3, 0.4) is 0 Å². The van der Waals surface area contributed by atoms with Crippen molar-refractivity contribution in [3.05, 3.63) is 0 Å². The first-order valence-electron chi connectivity index (χ1n) is 4.60. The third-order valence-electron chi connectivity index (χ3n) is 2.31. The van der Waals surface area contributed by atoms with Crippen molar-refractivity contribution in [2.75, 3.05) is 0 Å². The first-order valence-corrected chi connectivity index (χ1v) is 9.19. The molecule has 2 atom stereocenters. The van der Waals surface area contributed by atoms with Gasteiger partial charge in [-0.25, -0.2) is 0 Å². The van der Waals surface area contributed by atoms with Crippen molar-refractivity contribution >= 4 is 18.1 Å². The molecule has 68 valence electrons. The van der Waals surface area contributed by atoms with Gasteiger partial charge in [-0.05, 0) is 24.2 Å². The van der Waals surface area contributed by atoms with Gasteiger partial charge in [0, 0.05) is 0 Å². The average molecular weight is 190 g/mol. The van der Waals surface area contributed by atoms with Gasteiger partial charge < -0.3 is 4.12 Å². The van der Waals surface area contributed by atoms with E-state index in [4.69, 9.17) is 4.12 Å². The van der Waals surface area contributed by atoms with Gasteiger partial charge in [0.2, 0.25) is 0 Å². The summed E-state index contributed by atoms with van der Waals surface area (Å²) >= 11 is 0. The van der Waals surface area contributed by atoms with E-state index in [1.807, 2.05) is 0 Å². The molecule has 0 aliphatic rings. The van der Waals surface area contributed by atoms with Gasteiger partial charge >= 0.3 is 0 Å². The first kappa shape index (κ1) is 11.4. The Morgan fingerprint density at radius 1 is 0.818 bits per heavy atom. The summed E-state index contributed by atoms with van der Waals surface area (Å²) in [5, 5.41) is 0. The summed E-state index contributed by atoms with van der Waals surface area (Å²) in [7, 11) is -1.66. The van der Waals surface area contributed by atoms with E-state index in [1.165, 1.54) is 0 Å². The van der Waals surface area contributed by atoms with Crippen LogP contribution in [0.5, 0.6) is 0 Å². The second-order valence-electron chi connectivity index (χ2n) is 4.03. The van der Waals surface area contributed by atoms with Gasteiger partial charge in [-0.15, -0.1) is 0 Å². The molecule has 0 aliphatic carbocycles. The van der Waals surface area contributed by atoms with Crippen LogP contribution in [0.1, 0.15) is 27.7 Å². The van der Waals surface area contributed by atoms with Crippen molar-refractivity contribution in [1.82, 2.24) is 0 Å². The van der Waals surface area contributed by atoms with Crippen molar-refractivity contribution in [3.8, 4) is 0 Å². The second-order valence-corrected chi connectivity index (χ2v) is 10.6. The Morgan fingerprint density at radius 3 is 1.27 bits per heavy atom. The van der Waals surface area contributed by atoms with Gasteiger partial charge in [0.1, 0.15) is 0 Å². The Morgan fingerprint density at radius 2 is 1.09 bits per heavy atom. The largest absolute Gasteiger partial charge is 0.460 e. The van der Waals surface area contributed by atoms with Crippen LogP contribution in [0.15, 0.2) is 0 Å². The molecule has 0 amide bonds. The second kappa shape index (κ2) is 5.11. The van der Waals surface area contributed by atoms with Crippen LogP contribution in [0.4, 0.5) is 0 Å². The van der Waals surface area contributed by atoms with Crippen LogP contribution < -0.4 is 0 Å². The highest BCUT2D eigenvalue weighted by Crippen LogP contribution is 2.14. The van der Waals surface area contributed by atoms with E-state index in [0.717, 1.165) is 11.1 Å². The minimum Gasteiger partial charge on any atom is -0.460 e. The summed E-state index contributed by atoms with van der Waals surface area (Å²) in [5.74, 6) is 0. The van der Waals surface area contributed by atoms with E-state index in [0.29, 0.717) is 0 Å². The summed E-state index contributed by atoms with van der Waals surface area (Å²) in [6.45, 7) is 13.7. The molecule has 0 fully saturated rings. The lowest BCUT2D eigenvalue weighted by molar-refractivity contribution is 0.562. The molecule has 3 heteroatoms. The highest BCUT2D eigenvalue weighted by Gasteiger charge is 2.16. The average Bonchev–Trinajstić information content (AvgIpc) is 1.87. The maximum Gasteiger partial charge on any atom is 0.162 e. The Bertz CT molecular complexity index is 92.3. The van der Waals surface area contributed by atoms with Crippen molar-refractivity contribution < 1.29 is 4.12 Å². The Balaban J connectivity index is 3.66. The van der Waals surface area contributed by atoms with Crippen molar-refractivity contribution in [3.63, 3.8) is 0 Å². The molecule has 0 N–H and O–H groups in total. The molecular formula is C8H22OSi2. The first-order chi connectivity index (χ1) is 4.95. The molecule has 2 unspecified atom stereocenters. The summed E-state index contributed by atoms with van der Waals surface area (Å²) < 4.78 is 6.05. The highest BCUT2D eigenvalue weighted by molar-refractivity contribution is 6.66. The molecule has 1 nitrogen and oxygen atoms in total. The maximum absolute atomic E-state index is 6.05. The summed E-state index contributed by atoms with van der Waals surface area (Å²) in [5.41, 5.74) is 1.59. The van der Waals surface area contributed by atoms with Gasteiger partial charge in [0.15, 0.2) is 18.1 Å². The van der Waals surface area contributed by atoms with Crippen LogP contribution in [0, 0.1) is 0 Å². The van der Waals surface area contributed by atoms with E-state index in [2.05, 4.69) is 40.8 Å². The molecule has 0 heterocycles. The smallest absolute Gasteiger partial charge is 0.162 e. The Hall–Kier alpha value is 0.394. The molecule has 0 saturated carbocycles. The van der Waals surface area contributed by atoms with Crippen molar-refractivity contribution in [1.29, 1.82) is 0 Å². The lowest BCUT2D eigenvalue weighted by Crippen LogP contribution is -2.28. The van der Waals surface area contributed by atoms with E-state index < -0.39 is 18.1 Å². The molecule has 0 aromatic carbocycles. The van der Waals surface area contributed by atoms with Crippen LogP contribution in [-0.4, -0.2) is 18.1 Å². The number of hydrogen-bond donors (Lipinski definition) is 0. The summed E-state index contributed by atoms with van der Waals surface area (Å²) in [6.07, 6.45) is 0. The number of hydrogen-bond acceptors (Lipinski definition) is 1. The van der Waals surface area contributed by atoms with E-state index >= 15 is 0 Å². The fourth-order valence-electron chi connectivity index (χ4n) is 0.653. The minimum absolute atomic E-state index is 0.795. The lowest BCUT2D eigenvalue weighted by Gasteiger charge is -2.22. The van der Waals surface area contributed by atoms with E-state index in [1.54, 1.807) is 0 Å². The zero-order valence-corrected chi connectivity index (χ0v) is 11.0. The van der Waals surface area contributed by atoms with Gasteiger partial charge in [-0.1, -0.05) is 27.7 Å². The quantitative estimate of drug-likeness (QED) is 0.619. The molecular weight excluding hydrogens is 168 g/mol. The van der Waals surface area contributed by atoms with Crippen LogP contribution in [0.2, 0.25) is 24.2 Å². The van der Waals surface area contributed by atoms with Crippen molar-refractivity contribution in [2.45, 2.75) is 51.9 Å². The fourth-order valence-corrected chi connectivity index (χ4v) is 5.88. The molecule has 0 spiro atoms. The third kappa shape index (κ3) is 4.77. The summed E-state index contributed by atoms with van der Waals surface area (Å²) in [6, 6.07) is 0. The van der Waals surface area contributed by atoms with E-state index in [9.17, 15) is 0 Å². The molecule has 0 aliphatic heterocycles. The molecule has 0 bridgehead atoms. The molecule has 0 aromatic rings. The normalized spacial score (nSPS) is 17.5. The zero-order valence-electron chi connectivity index (χ0n) is 8.72. The lowest BCUT2D eigenvalue weighted by atomic mass is 10.6. The summed E-state index contributed by atoms with van der Waals surface area (Å²) in [4.78, 5) is 0. The molecule has 0 rings (SSSR count). The monoisotopic (exact) mass is 190 g/mol. The van der Waals surface area contributed by atoms with Crippen LogP contribution in [0.25, 0.3) is 0 Å². The predicted molar refractivity (Wildman–Crippen MR) is 57.3 cm³/mol. The maximum atomic E-state index is 6.05. The van der Waals surface area contributed by atoms with Crippen LogP contribution in [-0.2, 0) is 4.12 Å². The topological polar surface area (TPSA) is 9.23 Å². The Kier molecular flexibility index (Phi) is 5.30. The molecule has 0 radical (unpaired) electrons. The zero-order chi connectivity index (χ0) is 9.02. The molecule has 0 aromatic heterocycles. The molecule has 11 heavy (non-hydrogen) atoms. The Labute approximate surface area is 74.6 Å². The standard InChI is InChI=1S/C8H22OSi2/c1-7(2)10(5)9-11(6)8(3)4/h7-8,10-11H,1-6H3. The SMILES string of the molecule is CC(C)[SiH](C)O[SiH](C)C(C)C. The van der Waals surface area contributed by atoms with Crippen molar-refractivity contribution in [2.24, 2.45) is 0 Å². The van der Waals surface area contributed by atoms with Gasteiger partial charge in [-0.2, -0.15) is 0 Å². The number of rotatable bonds is 4. The third-order valence-corrected chi connectivity index (χ3v) is 9.50. The van der Waals surface area contributed by atoms with E-state index in [-0.39, 0.29) is 0 Å². The van der Waals surface area contributed by atoms with Gasteiger partial charge in [0.05, 0.1) is 0 Å². The molecule has 0 saturated heterocycles. The van der Waals surface area contributed by atoms with Gasteiger partial charge in [-0.3, -0.25) is 0 Å². The minimum atomic E-state index is -0.828. The van der Waals surface area contributed by atoms with Crippen LogP contribution >= 0.6 is 0 Å². The predicted octanol–water partition coefficient (Wildman–Crippen LogP) is 2.53. The highest BCUT2D eigenvalue weighted by atomic mass is 28.4. The van der Waals surface area contributed by atoms with Gasteiger partial charge in [0.25, 0.3) is 0 Å².